The molecule has 27 heavy (non-hydrogen) atoms. The number of carbonyl (C=O) groups is 1. The Hall–Kier alpha value is -0.610. The summed E-state index contributed by atoms with van der Waals surface area (Å²) in [4.78, 5) is 12.2. The van der Waals surface area contributed by atoms with Crippen LogP contribution in [0.2, 0.25) is 0 Å². The predicted molar refractivity (Wildman–Crippen MR) is 102 cm³/mol. The smallest absolute Gasteiger partial charge is 0.312 e. The summed E-state index contributed by atoms with van der Waals surface area (Å²) in [5.41, 5.74) is 0.586. The van der Waals surface area contributed by atoms with Crippen LogP contribution >= 0.6 is 0 Å². The molecule has 0 radical (unpaired) electrons. The van der Waals surface area contributed by atoms with E-state index < -0.39 is 0 Å². The normalized spacial score (nSPS) is 56.7. The molecular weight excluding hydrogens is 340 g/mol. The van der Waals surface area contributed by atoms with Gasteiger partial charge in [-0.3, -0.25) is 4.79 Å². The Kier molecular flexibility index (Phi) is 4.22. The largest absolute Gasteiger partial charge is 0.461 e. The van der Waals surface area contributed by atoms with E-state index in [1.807, 2.05) is 7.11 Å². The molecule has 0 bridgehead atoms. The molecule has 10 unspecified atom stereocenters. The van der Waals surface area contributed by atoms with Crippen molar-refractivity contribution in [3.8, 4) is 0 Å². The SMILES string of the molecule is COC1CCC2(C)C(CCC3C2CCC2(C)C3CC3C(CO)C(=O)OC32)C1. The number of hydrogen-bond donors (Lipinski definition) is 1. The van der Waals surface area contributed by atoms with Gasteiger partial charge in [0.05, 0.1) is 18.6 Å². The van der Waals surface area contributed by atoms with Gasteiger partial charge in [-0.05, 0) is 80.5 Å². The van der Waals surface area contributed by atoms with E-state index in [9.17, 15) is 9.90 Å². The zero-order valence-corrected chi connectivity index (χ0v) is 17.2. The van der Waals surface area contributed by atoms with Crippen molar-refractivity contribution < 1.29 is 19.4 Å². The van der Waals surface area contributed by atoms with Gasteiger partial charge in [-0.1, -0.05) is 13.8 Å². The maximum absolute atomic E-state index is 12.2. The number of fused-ring (bicyclic) bond motifs is 7. The number of methoxy groups -OCH3 is 1. The molecule has 5 fully saturated rings. The Labute approximate surface area is 163 Å². The number of ether oxygens (including phenoxy) is 2. The highest BCUT2D eigenvalue weighted by atomic mass is 16.6. The second-order valence-electron chi connectivity index (χ2n) is 10.9. The Bertz CT molecular complexity index is 619. The van der Waals surface area contributed by atoms with Gasteiger partial charge in [-0.2, -0.15) is 0 Å². The molecule has 1 aliphatic heterocycles. The fourth-order valence-electron chi connectivity index (χ4n) is 8.68. The fourth-order valence-corrected chi connectivity index (χ4v) is 8.68. The van der Waals surface area contributed by atoms with Crippen LogP contribution in [0.5, 0.6) is 0 Å². The standard InChI is InChI=1S/C23H36O4/c1-22-8-6-14(26-3)10-13(22)4-5-15-18(22)7-9-23(2)19(15)11-16-17(12-24)21(25)27-20(16)23/h13-20,24H,4-12H2,1-3H3. The Morgan fingerprint density at radius 1 is 1.04 bits per heavy atom. The van der Waals surface area contributed by atoms with Crippen molar-refractivity contribution in [3.63, 3.8) is 0 Å². The third-order valence-electron chi connectivity index (χ3n) is 10.2. The molecule has 0 aromatic heterocycles. The van der Waals surface area contributed by atoms with Gasteiger partial charge in [-0.15, -0.1) is 0 Å². The van der Waals surface area contributed by atoms with Crippen molar-refractivity contribution in [3.05, 3.63) is 0 Å². The van der Waals surface area contributed by atoms with Crippen molar-refractivity contribution in [2.45, 2.75) is 77.4 Å². The summed E-state index contributed by atoms with van der Waals surface area (Å²) in [6.45, 7) is 4.92. The molecule has 4 aliphatic carbocycles. The summed E-state index contributed by atoms with van der Waals surface area (Å²) < 4.78 is 11.6. The van der Waals surface area contributed by atoms with Gasteiger partial charge in [0.2, 0.25) is 0 Å². The second-order valence-corrected chi connectivity index (χ2v) is 10.9. The molecule has 0 aromatic carbocycles. The molecule has 5 rings (SSSR count). The maximum Gasteiger partial charge on any atom is 0.312 e. The molecule has 5 aliphatic rings. The van der Waals surface area contributed by atoms with Crippen LogP contribution in [-0.2, 0) is 14.3 Å². The third-order valence-corrected chi connectivity index (χ3v) is 10.2. The quantitative estimate of drug-likeness (QED) is 0.745. The number of esters is 1. The molecule has 0 aromatic rings. The molecule has 152 valence electrons. The highest BCUT2D eigenvalue weighted by Crippen LogP contribution is 2.68. The van der Waals surface area contributed by atoms with Crippen molar-refractivity contribution >= 4 is 5.97 Å². The molecule has 0 spiro atoms. The Balaban J connectivity index is 1.41. The predicted octanol–water partition coefficient (Wildman–Crippen LogP) is 3.80. The minimum atomic E-state index is -0.278. The van der Waals surface area contributed by atoms with Crippen molar-refractivity contribution in [1.82, 2.24) is 0 Å². The summed E-state index contributed by atoms with van der Waals surface area (Å²) in [6, 6.07) is 0. The lowest BCUT2D eigenvalue weighted by Gasteiger charge is -2.60. The van der Waals surface area contributed by atoms with Crippen LogP contribution in [0.15, 0.2) is 0 Å². The van der Waals surface area contributed by atoms with Gasteiger partial charge in [0.1, 0.15) is 6.10 Å². The second kappa shape index (κ2) is 6.19. The Morgan fingerprint density at radius 2 is 1.81 bits per heavy atom. The van der Waals surface area contributed by atoms with Crippen LogP contribution < -0.4 is 0 Å². The molecule has 1 heterocycles. The zero-order valence-electron chi connectivity index (χ0n) is 17.2. The summed E-state index contributed by atoms with van der Waals surface area (Å²) in [5, 5.41) is 9.76. The monoisotopic (exact) mass is 376 g/mol. The first kappa shape index (κ1) is 18.4. The van der Waals surface area contributed by atoms with Gasteiger partial charge in [-0.25, -0.2) is 0 Å². The number of rotatable bonds is 2. The summed E-state index contributed by atoms with van der Waals surface area (Å²) in [6.07, 6.45) is 10.5. The van der Waals surface area contributed by atoms with E-state index in [1.165, 1.54) is 44.9 Å². The van der Waals surface area contributed by atoms with E-state index in [0.29, 0.717) is 17.4 Å². The van der Waals surface area contributed by atoms with Crippen LogP contribution in [0.25, 0.3) is 0 Å². The Morgan fingerprint density at radius 3 is 2.56 bits per heavy atom. The highest BCUT2D eigenvalue weighted by molar-refractivity contribution is 5.75. The van der Waals surface area contributed by atoms with E-state index in [4.69, 9.17) is 9.47 Å². The average Bonchev–Trinajstić information content (AvgIpc) is 3.13. The molecule has 4 saturated carbocycles. The van der Waals surface area contributed by atoms with Gasteiger partial charge in [0, 0.05) is 18.4 Å². The van der Waals surface area contributed by atoms with Gasteiger partial charge in [0.15, 0.2) is 0 Å². The average molecular weight is 377 g/mol. The molecule has 0 amide bonds. The first-order valence-corrected chi connectivity index (χ1v) is 11.3. The summed E-state index contributed by atoms with van der Waals surface area (Å²) >= 11 is 0. The van der Waals surface area contributed by atoms with Crippen molar-refractivity contribution in [2.24, 2.45) is 46.3 Å². The van der Waals surface area contributed by atoms with Crippen LogP contribution in [-0.4, -0.2) is 37.0 Å². The van der Waals surface area contributed by atoms with E-state index in [-0.39, 0.29) is 35.9 Å². The highest BCUT2D eigenvalue weighted by Gasteiger charge is 2.66. The minimum Gasteiger partial charge on any atom is -0.461 e. The van der Waals surface area contributed by atoms with Crippen LogP contribution in [0, 0.1) is 46.3 Å². The first-order chi connectivity index (χ1) is 12.9. The zero-order chi connectivity index (χ0) is 19.0. The third kappa shape index (κ3) is 2.38. The maximum atomic E-state index is 12.2. The van der Waals surface area contributed by atoms with Crippen molar-refractivity contribution in [1.29, 1.82) is 0 Å². The van der Waals surface area contributed by atoms with E-state index in [1.54, 1.807) is 0 Å². The van der Waals surface area contributed by atoms with Gasteiger partial charge < -0.3 is 14.6 Å². The number of aliphatic hydroxyl groups excluding tert-OH is 1. The molecule has 1 N–H and O–H groups in total. The lowest BCUT2D eigenvalue weighted by molar-refractivity contribution is -0.161. The number of hydrogen-bond acceptors (Lipinski definition) is 4. The van der Waals surface area contributed by atoms with E-state index >= 15 is 0 Å². The molecule has 1 saturated heterocycles. The topological polar surface area (TPSA) is 55.8 Å². The molecule has 4 heteroatoms. The molecule has 10 atom stereocenters. The first-order valence-electron chi connectivity index (χ1n) is 11.3. The number of aliphatic hydroxyl groups is 1. The summed E-state index contributed by atoms with van der Waals surface area (Å²) in [7, 11) is 1.88. The lowest BCUT2D eigenvalue weighted by atomic mass is 9.45. The molecule has 4 nitrogen and oxygen atoms in total. The van der Waals surface area contributed by atoms with E-state index in [2.05, 4.69) is 13.8 Å². The van der Waals surface area contributed by atoms with Crippen LogP contribution in [0.1, 0.15) is 65.2 Å². The van der Waals surface area contributed by atoms with Crippen molar-refractivity contribution in [2.75, 3.05) is 13.7 Å². The van der Waals surface area contributed by atoms with Crippen LogP contribution in [0.4, 0.5) is 0 Å². The van der Waals surface area contributed by atoms with Gasteiger partial charge in [0.25, 0.3) is 0 Å². The molecular formula is C23H36O4. The number of carbonyl (C=O) groups excluding carboxylic acids is 1. The summed E-state index contributed by atoms with van der Waals surface area (Å²) in [5.74, 6) is 2.87. The van der Waals surface area contributed by atoms with Gasteiger partial charge >= 0.3 is 5.97 Å². The van der Waals surface area contributed by atoms with E-state index in [0.717, 1.165) is 24.2 Å². The fraction of sp³-hybridized carbons (Fsp3) is 0.957. The minimum absolute atomic E-state index is 0.0443. The van der Waals surface area contributed by atoms with Crippen LogP contribution in [0.3, 0.4) is 0 Å². The lowest BCUT2D eigenvalue weighted by Crippen LogP contribution is -2.54.